The minimum atomic E-state index is 0. The van der Waals surface area contributed by atoms with Crippen LogP contribution in [0, 0.1) is 5.92 Å². The van der Waals surface area contributed by atoms with E-state index in [4.69, 9.17) is 0 Å². The third-order valence-corrected chi connectivity index (χ3v) is 6.17. The zero-order valence-electron chi connectivity index (χ0n) is 17.1. The predicted octanol–water partition coefficient (Wildman–Crippen LogP) is 3.20. The number of aliphatic imine (C=N–C) groups is 1. The Kier molecular flexibility index (Phi) is 10.5. The number of nitrogens with zero attached hydrogens (tertiary/aromatic N) is 3. The minimum Gasteiger partial charge on any atom is -0.356 e. The van der Waals surface area contributed by atoms with E-state index in [9.17, 15) is 4.79 Å². The van der Waals surface area contributed by atoms with Crippen molar-refractivity contribution in [3.05, 3.63) is 35.4 Å². The van der Waals surface area contributed by atoms with Crippen LogP contribution in [0.3, 0.4) is 0 Å². The summed E-state index contributed by atoms with van der Waals surface area (Å²) in [6.45, 7) is 7.48. The number of guanidine groups is 1. The van der Waals surface area contributed by atoms with Crippen molar-refractivity contribution in [2.24, 2.45) is 10.9 Å². The Morgan fingerprint density at radius 2 is 2.15 bits per heavy atom. The summed E-state index contributed by atoms with van der Waals surface area (Å²) in [5.74, 6) is 2.86. The maximum Gasteiger partial charge on any atom is 0.253 e. The highest BCUT2D eigenvalue weighted by Gasteiger charge is 2.24. The lowest BCUT2D eigenvalue weighted by Gasteiger charge is -2.36. The first-order valence-corrected chi connectivity index (χ1v) is 10.3. The highest BCUT2D eigenvalue weighted by atomic mass is 127. The van der Waals surface area contributed by atoms with Gasteiger partial charge in [0, 0.05) is 57.3 Å². The van der Waals surface area contributed by atoms with Gasteiger partial charge in [-0.15, -0.1) is 24.0 Å². The van der Waals surface area contributed by atoms with Crippen LogP contribution in [-0.4, -0.2) is 73.4 Å². The average Bonchev–Trinajstić information content (AvgIpc) is 2.65. The Morgan fingerprint density at radius 1 is 1.41 bits per heavy atom. The van der Waals surface area contributed by atoms with Gasteiger partial charge in [0.25, 0.3) is 5.91 Å². The highest BCUT2D eigenvalue weighted by molar-refractivity contribution is 14.0. The molecule has 0 saturated carbocycles. The summed E-state index contributed by atoms with van der Waals surface area (Å²) in [5.41, 5.74) is 1.90. The van der Waals surface area contributed by atoms with E-state index in [2.05, 4.69) is 46.9 Å². The van der Waals surface area contributed by atoms with Crippen molar-refractivity contribution in [3.8, 4) is 0 Å². The lowest BCUT2D eigenvalue weighted by molar-refractivity contribution is 0.0827. The summed E-state index contributed by atoms with van der Waals surface area (Å²) < 4.78 is 0. The number of halogens is 1. The summed E-state index contributed by atoms with van der Waals surface area (Å²) in [5, 5.41) is 4.15. The predicted molar refractivity (Wildman–Crippen MR) is 128 cm³/mol. The molecule has 1 N–H and O–H groups in total. The van der Waals surface area contributed by atoms with Crippen LogP contribution < -0.4 is 5.32 Å². The number of thioether (sulfide) groups is 1. The number of hydrogen-bond acceptors (Lipinski definition) is 3. The molecule has 1 atom stereocenters. The van der Waals surface area contributed by atoms with Crippen molar-refractivity contribution in [2.75, 3.05) is 46.5 Å². The smallest absolute Gasteiger partial charge is 0.253 e. The normalized spacial score (nSPS) is 17.5. The first kappa shape index (κ1) is 24.1. The molecule has 1 aliphatic rings. The number of nitrogens with one attached hydrogen (secondary N) is 1. The zero-order valence-corrected chi connectivity index (χ0v) is 20.2. The van der Waals surface area contributed by atoms with Gasteiger partial charge in [-0.1, -0.05) is 26.0 Å². The Morgan fingerprint density at radius 3 is 2.78 bits per heavy atom. The molecule has 152 valence electrons. The largest absolute Gasteiger partial charge is 0.356 e. The van der Waals surface area contributed by atoms with Gasteiger partial charge < -0.3 is 15.1 Å². The summed E-state index contributed by atoms with van der Waals surface area (Å²) in [4.78, 5) is 20.5. The molecule has 2 rings (SSSR count). The topological polar surface area (TPSA) is 47.9 Å². The summed E-state index contributed by atoms with van der Waals surface area (Å²) >= 11 is 2.07. The maximum atomic E-state index is 12.1. The van der Waals surface area contributed by atoms with Gasteiger partial charge in [-0.05, 0) is 30.0 Å². The Labute approximate surface area is 185 Å². The van der Waals surface area contributed by atoms with E-state index in [0.717, 1.165) is 48.9 Å². The fraction of sp³-hybridized carbons (Fsp3) is 0.600. The van der Waals surface area contributed by atoms with Crippen LogP contribution in [0.15, 0.2) is 29.3 Å². The molecule has 0 spiro atoms. The Balaban J connectivity index is 0.00000364. The van der Waals surface area contributed by atoms with Gasteiger partial charge in [-0.2, -0.15) is 11.8 Å². The molecule has 0 radical (unpaired) electrons. The SMILES string of the molecule is CN=C(NCCc1cccc(C(=O)N(C)C)c1)N1CCSC(C(C)C)C1.I. The molecule has 7 heteroatoms. The summed E-state index contributed by atoms with van der Waals surface area (Å²) in [6.07, 6.45) is 0.865. The fourth-order valence-corrected chi connectivity index (χ4v) is 4.34. The highest BCUT2D eigenvalue weighted by Crippen LogP contribution is 2.24. The number of rotatable bonds is 5. The third kappa shape index (κ3) is 7.18. The van der Waals surface area contributed by atoms with Crippen molar-refractivity contribution in [2.45, 2.75) is 25.5 Å². The molecule has 27 heavy (non-hydrogen) atoms. The van der Waals surface area contributed by atoms with Crippen molar-refractivity contribution in [1.29, 1.82) is 0 Å². The summed E-state index contributed by atoms with van der Waals surface area (Å²) in [6, 6.07) is 7.88. The van der Waals surface area contributed by atoms with E-state index in [-0.39, 0.29) is 29.9 Å². The first-order valence-electron chi connectivity index (χ1n) is 9.30. The second-order valence-electron chi connectivity index (χ2n) is 7.22. The molecule has 0 aromatic heterocycles. The molecule has 1 aromatic rings. The lowest BCUT2D eigenvalue weighted by Crippen LogP contribution is -2.49. The minimum absolute atomic E-state index is 0. The molecule has 0 aliphatic carbocycles. The average molecular weight is 504 g/mol. The molecule has 1 aromatic carbocycles. The number of amides is 1. The maximum absolute atomic E-state index is 12.1. The van der Waals surface area contributed by atoms with Gasteiger partial charge in [-0.3, -0.25) is 9.79 Å². The molecular weight excluding hydrogens is 471 g/mol. The van der Waals surface area contributed by atoms with Crippen LogP contribution in [0.1, 0.15) is 29.8 Å². The van der Waals surface area contributed by atoms with Gasteiger partial charge in [-0.25, -0.2) is 0 Å². The molecule has 1 aliphatic heterocycles. The van der Waals surface area contributed by atoms with Crippen molar-refractivity contribution < 1.29 is 4.79 Å². The second-order valence-corrected chi connectivity index (χ2v) is 8.57. The molecular formula is C20H33IN4OS. The van der Waals surface area contributed by atoms with Crippen LogP contribution in [-0.2, 0) is 6.42 Å². The lowest BCUT2D eigenvalue weighted by atomic mass is 10.1. The van der Waals surface area contributed by atoms with E-state index in [1.807, 2.05) is 25.2 Å². The standard InChI is InChI=1S/C20H32N4OS.HI/c1-15(2)18-14-24(11-12-26-18)20(21-3)22-10-9-16-7-6-8-17(13-16)19(25)23(4)5;/h6-8,13,15,18H,9-12,14H2,1-5H3,(H,21,22);1H. The third-order valence-electron chi connectivity index (χ3n) is 4.63. The van der Waals surface area contributed by atoms with Crippen LogP contribution in [0.2, 0.25) is 0 Å². The number of hydrogen-bond donors (Lipinski definition) is 1. The van der Waals surface area contributed by atoms with Crippen LogP contribution in [0.25, 0.3) is 0 Å². The van der Waals surface area contributed by atoms with Gasteiger partial charge in [0.2, 0.25) is 0 Å². The van der Waals surface area contributed by atoms with Crippen molar-refractivity contribution in [1.82, 2.24) is 15.1 Å². The van der Waals surface area contributed by atoms with E-state index >= 15 is 0 Å². The van der Waals surface area contributed by atoms with E-state index in [0.29, 0.717) is 11.2 Å². The van der Waals surface area contributed by atoms with Crippen LogP contribution in [0.4, 0.5) is 0 Å². The van der Waals surface area contributed by atoms with Gasteiger partial charge >= 0.3 is 0 Å². The fourth-order valence-electron chi connectivity index (χ4n) is 3.04. The van der Waals surface area contributed by atoms with Crippen LogP contribution in [0.5, 0.6) is 0 Å². The van der Waals surface area contributed by atoms with E-state index in [1.165, 1.54) is 0 Å². The molecule has 1 saturated heterocycles. The van der Waals surface area contributed by atoms with Crippen molar-refractivity contribution >= 4 is 47.6 Å². The molecule has 1 fully saturated rings. The summed E-state index contributed by atoms with van der Waals surface area (Å²) in [7, 11) is 5.41. The monoisotopic (exact) mass is 504 g/mol. The molecule has 1 heterocycles. The Hall–Kier alpha value is -0.960. The molecule has 0 bridgehead atoms. The zero-order chi connectivity index (χ0) is 19.1. The molecule has 5 nitrogen and oxygen atoms in total. The Bertz CT molecular complexity index is 636. The van der Waals surface area contributed by atoms with Crippen LogP contribution >= 0.6 is 35.7 Å². The number of carbonyl (C=O) groups is 1. The van der Waals surface area contributed by atoms with E-state index in [1.54, 1.807) is 19.0 Å². The quantitative estimate of drug-likeness (QED) is 0.380. The van der Waals surface area contributed by atoms with Gasteiger partial charge in [0.15, 0.2) is 5.96 Å². The second kappa shape index (κ2) is 11.8. The first-order chi connectivity index (χ1) is 12.4. The number of benzene rings is 1. The molecule has 1 amide bonds. The van der Waals surface area contributed by atoms with Crippen molar-refractivity contribution in [3.63, 3.8) is 0 Å². The van der Waals surface area contributed by atoms with Gasteiger partial charge in [0.05, 0.1) is 0 Å². The van der Waals surface area contributed by atoms with Gasteiger partial charge in [0.1, 0.15) is 0 Å². The van der Waals surface area contributed by atoms with E-state index < -0.39 is 0 Å². The molecule has 1 unspecified atom stereocenters. The number of carbonyl (C=O) groups excluding carboxylic acids is 1.